The fraction of sp³-hybridized carbons (Fsp3) is 0.476. The van der Waals surface area contributed by atoms with E-state index in [9.17, 15) is 8.78 Å². The first-order valence-electron chi connectivity index (χ1n) is 8.92. The van der Waals surface area contributed by atoms with E-state index in [1.807, 2.05) is 36.7 Å². The molecule has 1 heterocycles. The van der Waals surface area contributed by atoms with Crippen LogP contribution in [0.25, 0.3) is 11.3 Å². The molecule has 24 heavy (non-hydrogen) atoms. The summed E-state index contributed by atoms with van der Waals surface area (Å²) in [6, 6.07) is 6.56. The van der Waals surface area contributed by atoms with Gasteiger partial charge in [-0.15, -0.1) is 0 Å². The highest BCUT2D eigenvalue weighted by atomic mass is 19.1. The molecule has 0 N–H and O–H groups in total. The van der Waals surface area contributed by atoms with E-state index in [0.717, 1.165) is 48.7 Å². The SMILES string of the molecule is CC[n+]1ccc(C)cc1-c1c(F)cc(F)cc1C(CC)(CC)CC. The van der Waals surface area contributed by atoms with Gasteiger partial charge in [-0.05, 0) is 55.7 Å². The summed E-state index contributed by atoms with van der Waals surface area (Å²) in [4.78, 5) is 0. The van der Waals surface area contributed by atoms with Gasteiger partial charge in [-0.3, -0.25) is 0 Å². The predicted molar refractivity (Wildman–Crippen MR) is 95.0 cm³/mol. The van der Waals surface area contributed by atoms with Crippen LogP contribution in [0.1, 0.15) is 58.1 Å². The van der Waals surface area contributed by atoms with E-state index >= 15 is 0 Å². The number of aryl methyl sites for hydroxylation is 2. The van der Waals surface area contributed by atoms with Crippen LogP contribution in [0.4, 0.5) is 8.78 Å². The Hall–Kier alpha value is -1.77. The number of hydrogen-bond donors (Lipinski definition) is 0. The van der Waals surface area contributed by atoms with Crippen LogP contribution in [-0.4, -0.2) is 0 Å². The minimum absolute atomic E-state index is 0.215. The molecule has 3 heteroatoms. The second-order valence-electron chi connectivity index (χ2n) is 6.53. The van der Waals surface area contributed by atoms with Crippen LogP contribution in [0.3, 0.4) is 0 Å². The highest BCUT2D eigenvalue weighted by Crippen LogP contribution is 2.41. The molecule has 0 radical (unpaired) electrons. The van der Waals surface area contributed by atoms with Gasteiger partial charge < -0.3 is 0 Å². The standard InChI is InChI=1S/C21H28F2N/c1-6-21(7-2,8-3)17-13-16(22)14-18(23)20(17)19-12-15(5)10-11-24(19)9-4/h10-14H,6-9H2,1-5H3/q+1. The minimum atomic E-state index is -0.498. The molecule has 0 atom stereocenters. The van der Waals surface area contributed by atoms with Crippen LogP contribution in [0.2, 0.25) is 0 Å². The summed E-state index contributed by atoms with van der Waals surface area (Å²) in [6.07, 6.45) is 4.54. The maximum Gasteiger partial charge on any atom is 0.216 e. The van der Waals surface area contributed by atoms with E-state index in [1.165, 1.54) is 6.07 Å². The van der Waals surface area contributed by atoms with Gasteiger partial charge in [0.25, 0.3) is 0 Å². The molecule has 0 fully saturated rings. The Bertz CT molecular complexity index is 710. The van der Waals surface area contributed by atoms with Crippen molar-refractivity contribution in [2.75, 3.05) is 0 Å². The molecule has 2 aromatic rings. The number of hydrogen-bond acceptors (Lipinski definition) is 0. The van der Waals surface area contributed by atoms with Crippen molar-refractivity contribution in [1.29, 1.82) is 0 Å². The highest BCUT2D eigenvalue weighted by Gasteiger charge is 2.34. The molecule has 0 unspecified atom stereocenters. The highest BCUT2D eigenvalue weighted by molar-refractivity contribution is 5.65. The van der Waals surface area contributed by atoms with Crippen molar-refractivity contribution in [3.05, 3.63) is 53.2 Å². The second kappa shape index (κ2) is 7.42. The van der Waals surface area contributed by atoms with Crippen molar-refractivity contribution in [3.63, 3.8) is 0 Å². The lowest BCUT2D eigenvalue weighted by atomic mass is 9.71. The first-order chi connectivity index (χ1) is 11.4. The Labute approximate surface area is 144 Å². The molecule has 0 aliphatic carbocycles. The van der Waals surface area contributed by atoms with Crippen molar-refractivity contribution < 1.29 is 13.3 Å². The Morgan fingerprint density at radius 3 is 2.12 bits per heavy atom. The molecule has 130 valence electrons. The summed E-state index contributed by atoms with van der Waals surface area (Å²) in [5, 5.41) is 0. The number of benzene rings is 1. The number of pyridine rings is 1. The molecule has 0 aliphatic heterocycles. The molecule has 0 spiro atoms. The van der Waals surface area contributed by atoms with Crippen molar-refractivity contribution in [2.45, 2.75) is 65.8 Å². The lowest BCUT2D eigenvalue weighted by Crippen LogP contribution is -2.36. The third-order valence-corrected chi connectivity index (χ3v) is 5.44. The lowest BCUT2D eigenvalue weighted by molar-refractivity contribution is -0.682. The molecule has 0 aliphatic rings. The van der Waals surface area contributed by atoms with Crippen molar-refractivity contribution in [2.24, 2.45) is 0 Å². The molecular formula is C21H28F2N+. The molecule has 1 nitrogen and oxygen atoms in total. The van der Waals surface area contributed by atoms with Crippen LogP contribution in [0, 0.1) is 18.6 Å². The summed E-state index contributed by atoms with van der Waals surface area (Å²) in [7, 11) is 0. The van der Waals surface area contributed by atoms with E-state index < -0.39 is 11.6 Å². The summed E-state index contributed by atoms with van der Waals surface area (Å²) >= 11 is 0. The molecule has 0 saturated carbocycles. The monoisotopic (exact) mass is 332 g/mol. The molecule has 0 amide bonds. The van der Waals surface area contributed by atoms with Crippen LogP contribution in [0.15, 0.2) is 30.5 Å². The zero-order valence-corrected chi connectivity index (χ0v) is 15.4. The van der Waals surface area contributed by atoms with E-state index in [4.69, 9.17) is 0 Å². The molecule has 0 bridgehead atoms. The van der Waals surface area contributed by atoms with E-state index in [0.29, 0.717) is 5.56 Å². The first kappa shape index (κ1) is 18.6. The zero-order chi connectivity index (χ0) is 17.9. The largest absolute Gasteiger partial charge is 0.216 e. The molecule has 1 aromatic heterocycles. The second-order valence-corrected chi connectivity index (χ2v) is 6.53. The van der Waals surface area contributed by atoms with Gasteiger partial charge in [0.05, 0.1) is 5.56 Å². The number of nitrogens with zero attached hydrogens (tertiary/aromatic N) is 1. The van der Waals surface area contributed by atoms with Gasteiger partial charge in [0.2, 0.25) is 5.69 Å². The Morgan fingerprint density at radius 1 is 0.958 bits per heavy atom. The van der Waals surface area contributed by atoms with E-state index in [-0.39, 0.29) is 5.41 Å². The van der Waals surface area contributed by atoms with Crippen molar-refractivity contribution in [3.8, 4) is 11.3 Å². The average molecular weight is 332 g/mol. The normalized spacial score (nSPS) is 11.8. The summed E-state index contributed by atoms with van der Waals surface area (Å²) in [5.74, 6) is -0.973. The average Bonchev–Trinajstić information content (AvgIpc) is 2.56. The van der Waals surface area contributed by atoms with Crippen LogP contribution in [0.5, 0.6) is 0 Å². The van der Waals surface area contributed by atoms with Crippen LogP contribution in [-0.2, 0) is 12.0 Å². The fourth-order valence-electron chi connectivity index (χ4n) is 3.70. The van der Waals surface area contributed by atoms with Crippen molar-refractivity contribution >= 4 is 0 Å². The van der Waals surface area contributed by atoms with E-state index in [1.54, 1.807) is 0 Å². The summed E-state index contributed by atoms with van der Waals surface area (Å²) in [5.41, 5.74) is 3.02. The third kappa shape index (κ3) is 3.22. The summed E-state index contributed by atoms with van der Waals surface area (Å²) in [6.45, 7) is 11.1. The lowest BCUT2D eigenvalue weighted by Gasteiger charge is -2.33. The third-order valence-electron chi connectivity index (χ3n) is 5.44. The maximum absolute atomic E-state index is 14.9. The van der Waals surface area contributed by atoms with Gasteiger partial charge in [0.15, 0.2) is 6.20 Å². The first-order valence-corrected chi connectivity index (χ1v) is 8.92. The Balaban J connectivity index is 2.87. The Kier molecular flexibility index (Phi) is 5.74. The maximum atomic E-state index is 14.9. The van der Waals surface area contributed by atoms with E-state index in [2.05, 4.69) is 20.8 Å². The zero-order valence-electron chi connectivity index (χ0n) is 15.4. The predicted octanol–water partition coefficient (Wildman–Crippen LogP) is 5.72. The van der Waals surface area contributed by atoms with Crippen LogP contribution < -0.4 is 4.57 Å². The Morgan fingerprint density at radius 2 is 1.58 bits per heavy atom. The van der Waals surface area contributed by atoms with Gasteiger partial charge in [0, 0.05) is 18.2 Å². The molecule has 0 saturated heterocycles. The quantitative estimate of drug-likeness (QED) is 0.596. The minimum Gasteiger partial charge on any atom is -0.207 e. The fourth-order valence-corrected chi connectivity index (χ4v) is 3.70. The van der Waals surface area contributed by atoms with Crippen LogP contribution >= 0.6 is 0 Å². The summed E-state index contributed by atoms with van der Waals surface area (Å²) < 4.78 is 31.0. The van der Waals surface area contributed by atoms with Gasteiger partial charge in [0.1, 0.15) is 18.2 Å². The van der Waals surface area contributed by atoms with Gasteiger partial charge in [-0.25, -0.2) is 8.78 Å². The smallest absolute Gasteiger partial charge is 0.207 e. The number of rotatable bonds is 6. The molecular weight excluding hydrogens is 304 g/mol. The van der Waals surface area contributed by atoms with Gasteiger partial charge in [-0.1, -0.05) is 20.8 Å². The van der Waals surface area contributed by atoms with Gasteiger partial charge in [-0.2, -0.15) is 4.57 Å². The topological polar surface area (TPSA) is 3.88 Å². The number of aromatic nitrogens is 1. The number of halogens is 2. The van der Waals surface area contributed by atoms with Gasteiger partial charge >= 0.3 is 0 Å². The van der Waals surface area contributed by atoms with Crippen molar-refractivity contribution in [1.82, 2.24) is 0 Å². The molecule has 2 rings (SSSR count). The molecule has 1 aromatic carbocycles.